The van der Waals surface area contributed by atoms with Crippen LogP contribution in [0.15, 0.2) is 18.5 Å². The molecule has 2 aromatic heterocycles. The van der Waals surface area contributed by atoms with Crippen molar-refractivity contribution in [1.29, 1.82) is 5.26 Å². The van der Waals surface area contributed by atoms with Gasteiger partial charge in [0.1, 0.15) is 17.5 Å². The normalized spacial score (nSPS) is 9.84. The van der Waals surface area contributed by atoms with E-state index in [9.17, 15) is 10.1 Å². The predicted molar refractivity (Wildman–Crippen MR) is 65.9 cm³/mol. The zero-order valence-electron chi connectivity index (χ0n) is 9.62. The molecule has 0 spiro atoms. The SMILES string of the molecule is N#Cc1ccnc(NCc2cn[nH]c2N)c1[N+](=O)[O-]. The third-order valence-corrected chi connectivity index (χ3v) is 2.42. The van der Waals surface area contributed by atoms with E-state index in [0.717, 1.165) is 0 Å². The lowest BCUT2D eigenvalue weighted by molar-refractivity contribution is -0.384. The second-order valence-electron chi connectivity index (χ2n) is 3.59. The van der Waals surface area contributed by atoms with Crippen LogP contribution in [-0.2, 0) is 6.54 Å². The van der Waals surface area contributed by atoms with Gasteiger partial charge in [0.15, 0.2) is 0 Å². The third-order valence-electron chi connectivity index (χ3n) is 2.42. The maximum atomic E-state index is 11.0. The first kappa shape index (κ1) is 12.3. The highest BCUT2D eigenvalue weighted by atomic mass is 16.6. The minimum absolute atomic E-state index is 0.0182. The average Bonchev–Trinajstić information content (AvgIpc) is 2.81. The van der Waals surface area contributed by atoms with Crippen molar-refractivity contribution in [3.05, 3.63) is 39.7 Å². The molecule has 96 valence electrons. The van der Waals surface area contributed by atoms with E-state index in [-0.39, 0.29) is 23.6 Å². The maximum absolute atomic E-state index is 11.0. The van der Waals surface area contributed by atoms with Gasteiger partial charge in [-0.05, 0) is 6.07 Å². The van der Waals surface area contributed by atoms with E-state index in [1.54, 1.807) is 6.07 Å². The fourth-order valence-corrected chi connectivity index (χ4v) is 1.50. The molecule has 0 saturated carbocycles. The van der Waals surface area contributed by atoms with Gasteiger partial charge in [0, 0.05) is 18.3 Å². The molecule has 2 heterocycles. The van der Waals surface area contributed by atoms with E-state index in [4.69, 9.17) is 11.0 Å². The number of hydrogen-bond acceptors (Lipinski definition) is 7. The molecule has 0 aliphatic carbocycles. The molecule has 0 aromatic carbocycles. The number of nitrogens with two attached hydrogens (primary N) is 1. The smallest absolute Gasteiger partial charge is 0.328 e. The van der Waals surface area contributed by atoms with Gasteiger partial charge in [-0.25, -0.2) is 4.98 Å². The first-order valence-electron chi connectivity index (χ1n) is 5.18. The highest BCUT2D eigenvalue weighted by Crippen LogP contribution is 2.26. The van der Waals surface area contributed by atoms with Crippen molar-refractivity contribution >= 4 is 17.3 Å². The van der Waals surface area contributed by atoms with Crippen LogP contribution in [-0.4, -0.2) is 20.1 Å². The number of rotatable bonds is 4. The zero-order valence-corrected chi connectivity index (χ0v) is 9.62. The highest BCUT2D eigenvalue weighted by Gasteiger charge is 2.21. The number of nitrogens with one attached hydrogen (secondary N) is 2. The summed E-state index contributed by atoms with van der Waals surface area (Å²) in [7, 11) is 0. The number of hydrogen-bond donors (Lipinski definition) is 3. The minimum Gasteiger partial charge on any atom is -0.384 e. The molecule has 4 N–H and O–H groups in total. The third kappa shape index (κ3) is 2.42. The summed E-state index contributed by atoms with van der Waals surface area (Å²) in [5.41, 5.74) is 5.84. The summed E-state index contributed by atoms with van der Waals surface area (Å²) >= 11 is 0. The van der Waals surface area contributed by atoms with Gasteiger partial charge in [-0.2, -0.15) is 10.4 Å². The molecule has 9 nitrogen and oxygen atoms in total. The second-order valence-corrected chi connectivity index (χ2v) is 3.59. The van der Waals surface area contributed by atoms with Crippen molar-refractivity contribution < 1.29 is 4.92 Å². The van der Waals surface area contributed by atoms with Crippen molar-refractivity contribution in [2.75, 3.05) is 11.1 Å². The van der Waals surface area contributed by atoms with Crippen molar-refractivity contribution in [2.45, 2.75) is 6.54 Å². The number of aromatic amines is 1. The molecule has 0 unspecified atom stereocenters. The Morgan fingerprint density at radius 1 is 1.63 bits per heavy atom. The average molecular weight is 259 g/mol. The van der Waals surface area contributed by atoms with Gasteiger partial charge in [-0.1, -0.05) is 0 Å². The monoisotopic (exact) mass is 259 g/mol. The van der Waals surface area contributed by atoms with Crippen LogP contribution >= 0.6 is 0 Å². The molecule has 2 aromatic rings. The molecule has 0 aliphatic rings. The van der Waals surface area contributed by atoms with Crippen molar-refractivity contribution in [2.24, 2.45) is 0 Å². The van der Waals surface area contributed by atoms with Crippen LogP contribution in [0.3, 0.4) is 0 Å². The lowest BCUT2D eigenvalue weighted by Crippen LogP contribution is -2.06. The molecule has 0 saturated heterocycles. The first-order chi connectivity index (χ1) is 9.13. The second kappa shape index (κ2) is 5.01. The predicted octanol–water partition coefficient (Wildman–Crippen LogP) is 0.779. The quantitative estimate of drug-likeness (QED) is 0.542. The summed E-state index contributed by atoms with van der Waals surface area (Å²) in [5.74, 6) is 0.385. The molecule has 0 radical (unpaired) electrons. The maximum Gasteiger partial charge on any atom is 0.328 e. The first-order valence-corrected chi connectivity index (χ1v) is 5.18. The lowest BCUT2D eigenvalue weighted by atomic mass is 10.2. The molecule has 0 amide bonds. The summed E-state index contributed by atoms with van der Waals surface area (Å²) in [4.78, 5) is 14.2. The van der Waals surface area contributed by atoms with Crippen LogP contribution in [0.25, 0.3) is 0 Å². The van der Waals surface area contributed by atoms with E-state index in [2.05, 4.69) is 20.5 Å². The fourth-order valence-electron chi connectivity index (χ4n) is 1.50. The van der Waals surface area contributed by atoms with Crippen LogP contribution in [0, 0.1) is 21.4 Å². The standard InChI is InChI=1S/C10H9N7O2/c11-3-6-1-2-13-10(8(6)17(18)19)14-4-7-5-15-16-9(7)12/h1-2,5H,4H2,(H,13,14)(H3,12,15,16). The van der Waals surface area contributed by atoms with Crippen molar-refractivity contribution in [3.8, 4) is 6.07 Å². The van der Waals surface area contributed by atoms with Crippen molar-refractivity contribution in [1.82, 2.24) is 15.2 Å². The number of anilines is 2. The van der Waals surface area contributed by atoms with Crippen molar-refractivity contribution in [3.63, 3.8) is 0 Å². The van der Waals surface area contributed by atoms with Gasteiger partial charge < -0.3 is 11.1 Å². The molecule has 0 fully saturated rings. The number of pyridine rings is 1. The van der Waals surface area contributed by atoms with E-state index in [0.29, 0.717) is 11.4 Å². The molecule has 0 aliphatic heterocycles. The van der Waals surface area contributed by atoms with Gasteiger partial charge in [0.25, 0.3) is 0 Å². The molecule has 0 bridgehead atoms. The molecular formula is C10H9N7O2. The number of H-pyrrole nitrogens is 1. The molecule has 2 rings (SSSR count). The lowest BCUT2D eigenvalue weighted by Gasteiger charge is -2.05. The molecular weight excluding hydrogens is 250 g/mol. The van der Waals surface area contributed by atoms with Gasteiger partial charge in [0.05, 0.1) is 11.1 Å². The van der Waals surface area contributed by atoms with Crippen LogP contribution in [0.4, 0.5) is 17.3 Å². The number of nitrogens with zero attached hydrogens (tertiary/aromatic N) is 4. The summed E-state index contributed by atoms with van der Waals surface area (Å²) in [6.45, 7) is 0.213. The minimum atomic E-state index is -0.646. The molecule has 0 atom stereocenters. The van der Waals surface area contributed by atoms with Crippen LogP contribution < -0.4 is 11.1 Å². The Morgan fingerprint density at radius 3 is 3.00 bits per heavy atom. The summed E-state index contributed by atoms with van der Waals surface area (Å²) in [5, 5.41) is 28.8. The molecule has 19 heavy (non-hydrogen) atoms. The van der Waals surface area contributed by atoms with Crippen LogP contribution in [0.1, 0.15) is 11.1 Å². The highest BCUT2D eigenvalue weighted by molar-refractivity contribution is 5.64. The van der Waals surface area contributed by atoms with Gasteiger partial charge in [-0.3, -0.25) is 15.2 Å². The Hall–Kier alpha value is -3.15. The Balaban J connectivity index is 2.28. The Bertz CT molecular complexity index is 658. The largest absolute Gasteiger partial charge is 0.384 e. The summed E-state index contributed by atoms with van der Waals surface area (Å²) in [6.07, 6.45) is 2.83. The zero-order chi connectivity index (χ0) is 13.8. The van der Waals surface area contributed by atoms with E-state index in [1.807, 2.05) is 0 Å². The fraction of sp³-hybridized carbons (Fsp3) is 0.100. The number of nitrogen functional groups attached to an aromatic ring is 1. The number of nitriles is 1. The van der Waals surface area contributed by atoms with Gasteiger partial charge >= 0.3 is 5.69 Å². The summed E-state index contributed by atoms with van der Waals surface area (Å²) < 4.78 is 0. The Morgan fingerprint density at radius 2 is 2.42 bits per heavy atom. The summed E-state index contributed by atoms with van der Waals surface area (Å²) in [6, 6.07) is 3.04. The molecule has 9 heteroatoms. The van der Waals surface area contributed by atoms with Gasteiger partial charge in [0.2, 0.25) is 5.82 Å². The number of nitro groups is 1. The van der Waals surface area contributed by atoms with Gasteiger partial charge in [-0.15, -0.1) is 0 Å². The van der Waals surface area contributed by atoms with E-state index < -0.39 is 4.92 Å². The van der Waals surface area contributed by atoms with Crippen LogP contribution in [0.5, 0.6) is 0 Å². The van der Waals surface area contributed by atoms with E-state index >= 15 is 0 Å². The van der Waals surface area contributed by atoms with E-state index in [1.165, 1.54) is 18.5 Å². The topological polar surface area (TPSA) is 147 Å². The van der Waals surface area contributed by atoms with Crippen LogP contribution in [0.2, 0.25) is 0 Å². The number of aromatic nitrogens is 3. The Kier molecular flexibility index (Phi) is 3.24. The Labute approximate surface area is 107 Å².